The number of carbonyl (C=O) groups excluding carboxylic acids is 1. The summed E-state index contributed by atoms with van der Waals surface area (Å²) in [6, 6.07) is 13.0. The average molecular weight is 483 g/mol. The van der Waals surface area contributed by atoms with Gasteiger partial charge in [0.15, 0.2) is 0 Å². The lowest BCUT2D eigenvalue weighted by molar-refractivity contribution is -0.192. The number of likely N-dealkylation sites (tertiary alicyclic amines) is 1. The van der Waals surface area contributed by atoms with Crippen molar-refractivity contribution in [1.82, 2.24) is 19.4 Å². The van der Waals surface area contributed by atoms with Gasteiger partial charge < -0.3 is 14.6 Å². The third-order valence-corrected chi connectivity index (χ3v) is 6.15. The summed E-state index contributed by atoms with van der Waals surface area (Å²) in [7, 11) is 0. The Morgan fingerprint density at radius 1 is 1.09 bits per heavy atom. The molecule has 0 spiro atoms. The Labute approximate surface area is 198 Å². The van der Waals surface area contributed by atoms with E-state index >= 15 is 0 Å². The zero-order valence-electron chi connectivity index (χ0n) is 18.3. The summed E-state index contributed by atoms with van der Waals surface area (Å²) in [5.74, 6) is -0.925. The Bertz CT molecular complexity index is 1270. The van der Waals surface area contributed by atoms with Crippen molar-refractivity contribution in [3.63, 3.8) is 0 Å². The van der Waals surface area contributed by atoms with Crippen LogP contribution in [0.5, 0.6) is 0 Å². The van der Waals surface area contributed by atoms with Crippen LogP contribution in [-0.2, 0) is 11.3 Å². The molecule has 35 heavy (non-hydrogen) atoms. The first-order valence-corrected chi connectivity index (χ1v) is 10.7. The lowest BCUT2D eigenvalue weighted by Gasteiger charge is -2.26. The summed E-state index contributed by atoms with van der Waals surface area (Å²) < 4.78 is 34.0. The number of alkyl halides is 3. The number of benzene rings is 1. The molecule has 1 aromatic carbocycles. The van der Waals surface area contributed by atoms with Crippen molar-refractivity contribution in [2.24, 2.45) is 5.92 Å². The van der Waals surface area contributed by atoms with Gasteiger partial charge in [0.1, 0.15) is 5.82 Å². The van der Waals surface area contributed by atoms with Gasteiger partial charge >= 0.3 is 12.1 Å². The summed E-state index contributed by atoms with van der Waals surface area (Å²) in [5.41, 5.74) is 3.44. The molecule has 5 rings (SSSR count). The van der Waals surface area contributed by atoms with Crippen LogP contribution in [0.25, 0.3) is 11.3 Å². The first-order valence-electron chi connectivity index (χ1n) is 10.7. The molecule has 1 N–H and O–H groups in total. The zero-order chi connectivity index (χ0) is 25.2. The third kappa shape index (κ3) is 5.01. The van der Waals surface area contributed by atoms with Crippen LogP contribution in [0.1, 0.15) is 34.1 Å². The van der Waals surface area contributed by atoms with Crippen LogP contribution in [0.3, 0.4) is 0 Å². The van der Waals surface area contributed by atoms with Crippen molar-refractivity contribution < 1.29 is 27.9 Å². The first kappa shape index (κ1) is 23.9. The molecule has 11 heteroatoms. The second-order valence-electron chi connectivity index (χ2n) is 8.25. The van der Waals surface area contributed by atoms with E-state index in [2.05, 4.69) is 15.6 Å². The van der Waals surface area contributed by atoms with Crippen LogP contribution in [-0.4, -0.2) is 55.7 Å². The fourth-order valence-electron chi connectivity index (χ4n) is 4.46. The van der Waals surface area contributed by atoms with Gasteiger partial charge in [-0.3, -0.25) is 9.78 Å². The molecular weight excluding hydrogens is 463 g/mol. The van der Waals surface area contributed by atoms with Crippen LogP contribution in [0.15, 0.2) is 55.0 Å². The number of nitrogens with zero attached hydrogens (tertiary/aromatic N) is 5. The third-order valence-electron chi connectivity index (χ3n) is 6.15. The topological polar surface area (TPSA) is 112 Å². The number of carboxylic acid groups (broad SMARTS) is 1. The molecule has 2 aliphatic heterocycles. The molecule has 2 aromatic heterocycles. The molecule has 1 amide bonds. The van der Waals surface area contributed by atoms with Gasteiger partial charge in [-0.25, -0.2) is 9.78 Å². The normalized spacial score (nSPS) is 18.5. The van der Waals surface area contributed by atoms with E-state index < -0.39 is 12.1 Å². The summed E-state index contributed by atoms with van der Waals surface area (Å²) in [5, 5.41) is 16.1. The molecule has 8 nitrogen and oxygen atoms in total. The molecule has 0 radical (unpaired) electrons. The number of imidazole rings is 1. The van der Waals surface area contributed by atoms with Crippen LogP contribution in [0.4, 0.5) is 13.2 Å². The maximum atomic E-state index is 12.9. The maximum Gasteiger partial charge on any atom is 0.490 e. The van der Waals surface area contributed by atoms with Crippen molar-refractivity contribution in [1.29, 1.82) is 5.26 Å². The van der Waals surface area contributed by atoms with Crippen LogP contribution in [0, 0.1) is 17.2 Å². The molecule has 1 fully saturated rings. The highest BCUT2D eigenvalue weighted by molar-refractivity contribution is 5.94. The van der Waals surface area contributed by atoms with Gasteiger partial charge in [-0.05, 0) is 48.7 Å². The smallest absolute Gasteiger partial charge is 0.475 e. The SMILES string of the molecule is N#Cc1ccc(C(=O)N2CC3CCn4c(-c5ccncc5)cnc4C3C2)cc1.O=C(O)C(F)(F)F. The summed E-state index contributed by atoms with van der Waals surface area (Å²) in [6.07, 6.45) is 1.50. The van der Waals surface area contributed by atoms with Crippen molar-refractivity contribution in [3.8, 4) is 17.3 Å². The quantitative estimate of drug-likeness (QED) is 0.595. The van der Waals surface area contributed by atoms with Gasteiger partial charge in [0, 0.05) is 49.1 Å². The Morgan fingerprint density at radius 3 is 2.34 bits per heavy atom. The zero-order valence-corrected chi connectivity index (χ0v) is 18.3. The molecule has 2 unspecified atom stereocenters. The van der Waals surface area contributed by atoms with Gasteiger partial charge in [-0.2, -0.15) is 18.4 Å². The standard InChI is InChI=1S/C22H19N5O.C2HF3O2/c23-11-15-1-3-17(4-2-15)22(28)26-13-18-7-10-27-20(16-5-8-24-9-6-16)12-25-21(27)19(18)14-26;3-2(4,5)1(6)7/h1-6,8-9,12,18-19H,7,10,13-14H2;(H,6,7). The summed E-state index contributed by atoms with van der Waals surface area (Å²) in [4.78, 5) is 32.6. The van der Waals surface area contributed by atoms with Gasteiger partial charge in [0.25, 0.3) is 5.91 Å². The second-order valence-corrected chi connectivity index (χ2v) is 8.25. The Morgan fingerprint density at radius 2 is 1.74 bits per heavy atom. The fourth-order valence-corrected chi connectivity index (χ4v) is 4.46. The summed E-state index contributed by atoms with van der Waals surface area (Å²) in [6.45, 7) is 2.38. The number of aliphatic carboxylic acids is 1. The van der Waals surface area contributed by atoms with E-state index in [1.165, 1.54) is 0 Å². The number of aromatic nitrogens is 3. The molecule has 0 saturated carbocycles. The van der Waals surface area contributed by atoms with Gasteiger partial charge in [0.2, 0.25) is 0 Å². The number of rotatable bonds is 2. The first-order chi connectivity index (χ1) is 16.7. The number of amides is 1. The number of hydrogen-bond acceptors (Lipinski definition) is 5. The lowest BCUT2D eigenvalue weighted by atomic mass is 9.89. The van der Waals surface area contributed by atoms with Crippen molar-refractivity contribution >= 4 is 11.9 Å². The van der Waals surface area contributed by atoms with E-state index in [4.69, 9.17) is 20.1 Å². The van der Waals surface area contributed by atoms with Gasteiger partial charge in [0.05, 0.1) is 23.5 Å². The highest BCUT2D eigenvalue weighted by Crippen LogP contribution is 2.40. The number of carbonyl (C=O) groups is 2. The van der Waals surface area contributed by atoms with E-state index in [0.717, 1.165) is 36.6 Å². The number of hydrogen-bond donors (Lipinski definition) is 1. The highest BCUT2D eigenvalue weighted by atomic mass is 19.4. The van der Waals surface area contributed by atoms with Gasteiger partial charge in [-0.1, -0.05) is 0 Å². The molecule has 0 aliphatic carbocycles. The maximum absolute atomic E-state index is 12.9. The summed E-state index contributed by atoms with van der Waals surface area (Å²) >= 11 is 0. The molecule has 2 aliphatic rings. The molecule has 4 heterocycles. The molecular formula is C24H20F3N5O3. The Kier molecular flexibility index (Phi) is 6.55. The molecule has 2 atom stereocenters. The van der Waals surface area contributed by atoms with Crippen molar-refractivity contribution in [3.05, 3.63) is 71.9 Å². The van der Waals surface area contributed by atoms with Gasteiger partial charge in [-0.15, -0.1) is 0 Å². The largest absolute Gasteiger partial charge is 0.490 e. The Balaban J connectivity index is 0.000000364. The van der Waals surface area contributed by atoms with E-state index in [1.54, 1.807) is 36.7 Å². The fraction of sp³-hybridized carbons (Fsp3) is 0.292. The number of fused-ring (bicyclic) bond motifs is 3. The van der Waals surface area contributed by atoms with Crippen LogP contribution >= 0.6 is 0 Å². The molecule has 180 valence electrons. The minimum atomic E-state index is -5.08. The Hall–Kier alpha value is -4.20. The molecule has 1 saturated heterocycles. The van der Waals surface area contributed by atoms with E-state index in [1.807, 2.05) is 23.2 Å². The van der Waals surface area contributed by atoms with Crippen molar-refractivity contribution in [2.75, 3.05) is 13.1 Å². The van der Waals surface area contributed by atoms with Crippen LogP contribution < -0.4 is 0 Å². The van der Waals surface area contributed by atoms with Crippen LogP contribution in [0.2, 0.25) is 0 Å². The number of carboxylic acids is 1. The van der Waals surface area contributed by atoms with E-state index in [-0.39, 0.29) is 11.8 Å². The number of nitriles is 1. The predicted octanol–water partition coefficient (Wildman–Crippen LogP) is 3.71. The average Bonchev–Trinajstić information content (AvgIpc) is 3.48. The molecule has 0 bridgehead atoms. The molecule has 3 aromatic rings. The second kappa shape index (κ2) is 9.58. The lowest BCUT2D eigenvalue weighted by Crippen LogP contribution is -2.28. The number of halogens is 3. The monoisotopic (exact) mass is 483 g/mol. The minimum Gasteiger partial charge on any atom is -0.475 e. The highest BCUT2D eigenvalue weighted by Gasteiger charge is 2.41. The van der Waals surface area contributed by atoms with E-state index in [9.17, 15) is 18.0 Å². The van der Waals surface area contributed by atoms with Crippen molar-refractivity contribution in [2.45, 2.75) is 25.1 Å². The number of pyridine rings is 1. The van der Waals surface area contributed by atoms with E-state index in [0.29, 0.717) is 23.6 Å². The minimum absolute atomic E-state index is 0.0337. The predicted molar refractivity (Wildman–Crippen MR) is 117 cm³/mol.